The average Bonchev–Trinajstić information content (AvgIpc) is 2.70. The van der Waals surface area contributed by atoms with Crippen LogP contribution in [0.3, 0.4) is 0 Å². The quantitative estimate of drug-likeness (QED) is 0.642. The number of anilines is 1. The molecule has 9 heteroatoms. The molecule has 152 valence electrons. The average molecular weight is 414 g/mol. The fraction of sp³-hybridized carbons (Fsp3) is 0.250. The van der Waals surface area contributed by atoms with Crippen molar-refractivity contribution in [2.75, 3.05) is 19.4 Å². The molecule has 0 atom stereocenters. The predicted octanol–water partition coefficient (Wildman–Crippen LogP) is 2.31. The first kappa shape index (κ1) is 20.7. The molecule has 2 N–H and O–H groups in total. The first-order valence-corrected chi connectivity index (χ1v) is 10.4. The fourth-order valence-corrected chi connectivity index (χ4v) is 3.50. The molecule has 8 nitrogen and oxygen atoms in total. The monoisotopic (exact) mass is 413 g/mol. The number of nitrogens with one attached hydrogen (secondary N) is 2. The molecule has 3 rings (SSSR count). The summed E-state index contributed by atoms with van der Waals surface area (Å²) in [4.78, 5) is 23.7. The Bertz CT molecular complexity index is 1170. The number of hydrogen-bond acceptors (Lipinski definition) is 6. The number of aromatic nitrogens is 3. The van der Waals surface area contributed by atoms with Gasteiger partial charge < -0.3 is 10.3 Å². The summed E-state index contributed by atoms with van der Waals surface area (Å²) in [5.41, 5.74) is 2.77. The van der Waals surface area contributed by atoms with Crippen molar-refractivity contribution in [2.24, 2.45) is 0 Å². The fourth-order valence-electron chi connectivity index (χ4n) is 2.60. The molecular weight excluding hydrogens is 390 g/mol. The van der Waals surface area contributed by atoms with Crippen LogP contribution < -0.4 is 10.9 Å². The van der Waals surface area contributed by atoms with Crippen LogP contribution in [-0.2, 0) is 16.6 Å². The molecule has 0 spiro atoms. The van der Waals surface area contributed by atoms with E-state index >= 15 is 0 Å². The molecule has 0 aliphatic carbocycles. The van der Waals surface area contributed by atoms with Crippen LogP contribution in [-0.4, -0.2) is 41.8 Å². The molecule has 0 unspecified atom stereocenters. The van der Waals surface area contributed by atoms with Crippen LogP contribution in [0.2, 0.25) is 0 Å². The summed E-state index contributed by atoms with van der Waals surface area (Å²) in [5.74, 6) is 1.14. The molecule has 1 aromatic carbocycles. The summed E-state index contributed by atoms with van der Waals surface area (Å²) < 4.78 is 25.4. The van der Waals surface area contributed by atoms with E-state index in [4.69, 9.17) is 0 Å². The Kier molecular flexibility index (Phi) is 5.81. The smallest absolute Gasteiger partial charge is 0.254 e. The minimum atomic E-state index is -3.43. The van der Waals surface area contributed by atoms with Crippen molar-refractivity contribution in [2.45, 2.75) is 25.3 Å². The minimum absolute atomic E-state index is 0.158. The normalized spacial score (nSPS) is 11.6. The zero-order valence-corrected chi connectivity index (χ0v) is 17.5. The Hall–Kier alpha value is -3.04. The lowest BCUT2D eigenvalue weighted by molar-refractivity contribution is 0.520. The number of rotatable bonds is 6. The summed E-state index contributed by atoms with van der Waals surface area (Å²) in [6, 6.07) is 10.3. The molecule has 0 bridgehead atoms. The third-order valence-electron chi connectivity index (χ3n) is 4.61. The topological polar surface area (TPSA) is 108 Å². The number of hydrogen-bond donors (Lipinski definition) is 2. The van der Waals surface area contributed by atoms with Gasteiger partial charge in [0.05, 0.1) is 4.90 Å². The van der Waals surface area contributed by atoms with E-state index in [2.05, 4.69) is 20.3 Å². The van der Waals surface area contributed by atoms with Gasteiger partial charge in [0.2, 0.25) is 10.0 Å². The second-order valence-electron chi connectivity index (χ2n) is 6.84. The summed E-state index contributed by atoms with van der Waals surface area (Å²) in [6.45, 7) is 4.03. The summed E-state index contributed by atoms with van der Waals surface area (Å²) >= 11 is 0. The van der Waals surface area contributed by atoms with Crippen LogP contribution in [0.25, 0.3) is 11.4 Å². The van der Waals surface area contributed by atoms with Gasteiger partial charge in [0.1, 0.15) is 11.6 Å². The van der Waals surface area contributed by atoms with Gasteiger partial charge in [0.25, 0.3) is 5.56 Å². The molecular formula is C20H23N5O3S. The Morgan fingerprint density at radius 2 is 1.76 bits per heavy atom. The Balaban J connectivity index is 1.69. The van der Waals surface area contributed by atoms with Gasteiger partial charge in [0.15, 0.2) is 0 Å². The van der Waals surface area contributed by atoms with Crippen molar-refractivity contribution in [3.8, 4) is 11.4 Å². The lowest BCUT2D eigenvalue weighted by atomic mass is 10.2. The largest absolute Gasteiger partial charge is 0.366 e. The number of H-pyrrole nitrogens is 1. The summed E-state index contributed by atoms with van der Waals surface area (Å²) in [6.07, 6.45) is 1.64. The van der Waals surface area contributed by atoms with Crippen molar-refractivity contribution in [3.63, 3.8) is 0 Å². The second kappa shape index (κ2) is 8.14. The summed E-state index contributed by atoms with van der Waals surface area (Å²) in [5, 5.41) is 3.19. The Morgan fingerprint density at radius 3 is 2.31 bits per heavy atom. The van der Waals surface area contributed by atoms with Gasteiger partial charge in [-0.1, -0.05) is 12.1 Å². The highest BCUT2D eigenvalue weighted by Crippen LogP contribution is 2.17. The third-order valence-corrected chi connectivity index (χ3v) is 6.44. The standard InChI is InChI=1S/C20H23N5O3S/c1-13-14(2)23-19(24-20(13)26)16-7-10-18(22-12-16)21-11-15-5-8-17(9-6-15)29(27,28)25(3)4/h5-10,12H,11H2,1-4H3,(H,21,22)(H,23,24,26). The maximum absolute atomic E-state index is 12.1. The van der Waals surface area contributed by atoms with E-state index in [9.17, 15) is 13.2 Å². The highest BCUT2D eigenvalue weighted by Gasteiger charge is 2.16. The number of sulfonamides is 1. The van der Waals surface area contributed by atoms with Crippen LogP contribution in [0, 0.1) is 13.8 Å². The lowest BCUT2D eigenvalue weighted by Gasteiger charge is -2.12. The zero-order valence-electron chi connectivity index (χ0n) is 16.7. The van der Waals surface area contributed by atoms with Crippen LogP contribution in [0.4, 0.5) is 5.82 Å². The molecule has 0 saturated carbocycles. The predicted molar refractivity (Wildman–Crippen MR) is 112 cm³/mol. The van der Waals surface area contributed by atoms with Gasteiger partial charge in [-0.25, -0.2) is 22.7 Å². The van der Waals surface area contributed by atoms with E-state index in [-0.39, 0.29) is 10.5 Å². The van der Waals surface area contributed by atoms with Gasteiger partial charge in [-0.05, 0) is 43.7 Å². The number of aromatic amines is 1. The van der Waals surface area contributed by atoms with Crippen molar-refractivity contribution in [3.05, 3.63) is 69.8 Å². The van der Waals surface area contributed by atoms with Crippen LogP contribution in [0.5, 0.6) is 0 Å². The number of nitrogens with zero attached hydrogens (tertiary/aromatic N) is 3. The lowest BCUT2D eigenvalue weighted by Crippen LogP contribution is -2.22. The van der Waals surface area contributed by atoms with Gasteiger partial charge in [-0.15, -0.1) is 0 Å². The first-order chi connectivity index (χ1) is 13.7. The molecule has 0 aliphatic rings. The highest BCUT2D eigenvalue weighted by molar-refractivity contribution is 7.89. The molecule has 2 heterocycles. The van der Waals surface area contributed by atoms with Crippen molar-refractivity contribution in [1.82, 2.24) is 19.3 Å². The Morgan fingerprint density at radius 1 is 1.07 bits per heavy atom. The highest BCUT2D eigenvalue weighted by atomic mass is 32.2. The molecule has 0 saturated heterocycles. The van der Waals surface area contributed by atoms with Crippen LogP contribution in [0.15, 0.2) is 52.3 Å². The van der Waals surface area contributed by atoms with Gasteiger partial charge in [-0.3, -0.25) is 4.79 Å². The second-order valence-corrected chi connectivity index (χ2v) is 8.99. The first-order valence-electron chi connectivity index (χ1n) is 8.98. The SMILES string of the molecule is Cc1nc(-c2ccc(NCc3ccc(S(=O)(=O)N(C)C)cc3)nc2)[nH]c(=O)c1C. The number of aryl methyl sites for hydroxylation is 1. The molecule has 2 aromatic heterocycles. The van der Waals surface area contributed by atoms with Gasteiger partial charge in [0, 0.05) is 43.7 Å². The zero-order chi connectivity index (χ0) is 21.2. The van der Waals surface area contributed by atoms with E-state index < -0.39 is 10.0 Å². The van der Waals surface area contributed by atoms with E-state index in [0.717, 1.165) is 5.56 Å². The Labute approximate surface area is 169 Å². The van der Waals surface area contributed by atoms with Gasteiger partial charge >= 0.3 is 0 Å². The van der Waals surface area contributed by atoms with Gasteiger partial charge in [-0.2, -0.15) is 0 Å². The molecule has 3 aromatic rings. The number of benzene rings is 1. The third kappa shape index (κ3) is 4.52. The van der Waals surface area contributed by atoms with Crippen molar-refractivity contribution in [1.29, 1.82) is 0 Å². The molecule has 0 amide bonds. The maximum atomic E-state index is 12.1. The van der Waals surface area contributed by atoms with Crippen molar-refractivity contribution < 1.29 is 8.42 Å². The minimum Gasteiger partial charge on any atom is -0.366 e. The maximum Gasteiger partial charge on any atom is 0.254 e. The van der Waals surface area contributed by atoms with Crippen LogP contribution in [0.1, 0.15) is 16.8 Å². The molecule has 29 heavy (non-hydrogen) atoms. The molecule has 0 aliphatic heterocycles. The van der Waals surface area contributed by atoms with Crippen LogP contribution >= 0.6 is 0 Å². The summed E-state index contributed by atoms with van der Waals surface area (Å²) in [7, 11) is -0.425. The van der Waals surface area contributed by atoms with E-state index in [1.807, 2.05) is 6.07 Å². The van der Waals surface area contributed by atoms with E-state index in [0.29, 0.717) is 35.0 Å². The van der Waals surface area contributed by atoms with E-state index in [1.54, 1.807) is 50.4 Å². The number of pyridine rings is 1. The van der Waals surface area contributed by atoms with Crippen molar-refractivity contribution >= 4 is 15.8 Å². The molecule has 0 fully saturated rings. The molecule has 0 radical (unpaired) electrons. The van der Waals surface area contributed by atoms with E-state index in [1.165, 1.54) is 18.4 Å².